The minimum Gasteiger partial charge on any atom is -0.377 e. The fourth-order valence-electron chi connectivity index (χ4n) is 2.40. The highest BCUT2D eigenvalue weighted by Crippen LogP contribution is 2.29. The van der Waals surface area contributed by atoms with E-state index in [0.717, 1.165) is 22.6 Å². The van der Waals surface area contributed by atoms with Gasteiger partial charge in [-0.1, -0.05) is 12.1 Å². The van der Waals surface area contributed by atoms with Crippen molar-refractivity contribution in [1.82, 2.24) is 14.5 Å². The first-order valence-electron chi connectivity index (χ1n) is 6.81. The Labute approximate surface area is 126 Å². The van der Waals surface area contributed by atoms with Crippen LogP contribution in [-0.4, -0.2) is 19.5 Å². The van der Waals surface area contributed by atoms with Gasteiger partial charge in [0.25, 0.3) is 5.69 Å². The third kappa shape index (κ3) is 2.48. The normalized spacial score (nSPS) is 10.8. The monoisotopic (exact) mass is 297 g/mol. The summed E-state index contributed by atoms with van der Waals surface area (Å²) < 4.78 is 1.92. The minimum atomic E-state index is -0.405. The Morgan fingerprint density at radius 2 is 2.23 bits per heavy atom. The molecule has 0 aliphatic heterocycles. The fraction of sp³-hybridized carbons (Fsp3) is 0.200. The Kier molecular flexibility index (Phi) is 3.46. The van der Waals surface area contributed by atoms with Gasteiger partial charge in [0.05, 0.1) is 11.5 Å². The van der Waals surface area contributed by atoms with E-state index >= 15 is 0 Å². The van der Waals surface area contributed by atoms with Crippen LogP contribution in [0.2, 0.25) is 0 Å². The third-order valence-corrected chi connectivity index (χ3v) is 3.50. The number of non-ortho nitro benzene ring substituents is 1. The molecule has 112 valence electrons. The van der Waals surface area contributed by atoms with Crippen molar-refractivity contribution in [1.29, 1.82) is 0 Å². The highest BCUT2D eigenvalue weighted by molar-refractivity contribution is 5.96. The number of aromatic nitrogens is 3. The number of rotatable bonds is 4. The van der Waals surface area contributed by atoms with Gasteiger partial charge >= 0.3 is 0 Å². The van der Waals surface area contributed by atoms with Gasteiger partial charge in [-0.25, -0.2) is 9.97 Å². The summed E-state index contributed by atoms with van der Waals surface area (Å²) in [6.07, 6.45) is 3.61. The molecule has 2 heterocycles. The number of pyridine rings is 1. The lowest BCUT2D eigenvalue weighted by molar-refractivity contribution is -0.383. The number of anilines is 1. The van der Waals surface area contributed by atoms with Crippen LogP contribution in [0.25, 0.3) is 10.9 Å². The number of hydrogen-bond acceptors (Lipinski definition) is 5. The summed E-state index contributed by atoms with van der Waals surface area (Å²) in [7, 11) is 1.92. The second-order valence-corrected chi connectivity index (χ2v) is 5.05. The maximum Gasteiger partial charge on any atom is 0.295 e. The van der Waals surface area contributed by atoms with E-state index in [2.05, 4.69) is 15.3 Å². The highest BCUT2D eigenvalue weighted by Gasteiger charge is 2.15. The molecule has 0 aliphatic rings. The SMILES string of the molecule is Cc1cc(NCc2nccn2C)c2cccc([N+](=O)[O-])c2n1. The first-order chi connectivity index (χ1) is 10.6. The van der Waals surface area contributed by atoms with E-state index in [1.54, 1.807) is 12.3 Å². The van der Waals surface area contributed by atoms with Crippen molar-refractivity contribution >= 4 is 22.3 Å². The molecule has 0 bridgehead atoms. The van der Waals surface area contributed by atoms with Crippen LogP contribution >= 0.6 is 0 Å². The van der Waals surface area contributed by atoms with Crippen molar-refractivity contribution in [2.45, 2.75) is 13.5 Å². The third-order valence-electron chi connectivity index (χ3n) is 3.50. The van der Waals surface area contributed by atoms with Crippen molar-refractivity contribution in [3.05, 3.63) is 58.3 Å². The fourth-order valence-corrected chi connectivity index (χ4v) is 2.40. The predicted molar refractivity (Wildman–Crippen MR) is 83.7 cm³/mol. The number of hydrogen-bond donors (Lipinski definition) is 1. The van der Waals surface area contributed by atoms with Crippen LogP contribution in [0.3, 0.4) is 0 Å². The minimum absolute atomic E-state index is 0.0150. The molecule has 22 heavy (non-hydrogen) atoms. The molecule has 0 unspecified atom stereocenters. The van der Waals surface area contributed by atoms with Crippen LogP contribution < -0.4 is 5.32 Å². The first kappa shape index (κ1) is 14.0. The van der Waals surface area contributed by atoms with Crippen molar-refractivity contribution in [2.24, 2.45) is 7.05 Å². The Hall–Kier alpha value is -2.96. The molecule has 0 saturated carbocycles. The molecule has 0 amide bonds. The molecule has 1 N–H and O–H groups in total. The quantitative estimate of drug-likeness (QED) is 0.591. The average Bonchev–Trinajstić information content (AvgIpc) is 2.89. The molecule has 0 radical (unpaired) electrons. The number of aryl methyl sites for hydroxylation is 2. The predicted octanol–water partition coefficient (Wildman–Crippen LogP) is 2.80. The molecule has 7 nitrogen and oxygen atoms in total. The van der Waals surface area contributed by atoms with Gasteiger partial charge in [-0.2, -0.15) is 0 Å². The van der Waals surface area contributed by atoms with Gasteiger partial charge in [0.15, 0.2) is 5.52 Å². The molecule has 0 atom stereocenters. The number of nitrogens with one attached hydrogen (secondary N) is 1. The summed E-state index contributed by atoms with van der Waals surface area (Å²) >= 11 is 0. The highest BCUT2D eigenvalue weighted by atomic mass is 16.6. The molecule has 3 rings (SSSR count). The van der Waals surface area contributed by atoms with Crippen molar-refractivity contribution in [3.63, 3.8) is 0 Å². The molecule has 1 aromatic carbocycles. The molecular weight excluding hydrogens is 282 g/mol. The molecule has 0 spiro atoms. The zero-order valence-corrected chi connectivity index (χ0v) is 12.3. The summed E-state index contributed by atoms with van der Waals surface area (Å²) in [6.45, 7) is 2.35. The Morgan fingerprint density at radius 3 is 2.91 bits per heavy atom. The summed E-state index contributed by atoms with van der Waals surface area (Å²) in [4.78, 5) is 19.3. The molecule has 7 heteroatoms. The molecule has 0 fully saturated rings. The lowest BCUT2D eigenvalue weighted by Crippen LogP contribution is -2.06. The van der Waals surface area contributed by atoms with Crippen molar-refractivity contribution in [2.75, 3.05) is 5.32 Å². The summed E-state index contributed by atoms with van der Waals surface area (Å²) in [5, 5.41) is 15.2. The smallest absolute Gasteiger partial charge is 0.295 e. The van der Waals surface area contributed by atoms with Gasteiger partial charge in [-0.05, 0) is 13.0 Å². The van der Waals surface area contributed by atoms with Gasteiger partial charge in [0, 0.05) is 42.3 Å². The molecule has 2 aromatic heterocycles. The number of nitro benzene ring substituents is 1. The Balaban J connectivity index is 2.04. The molecule has 0 saturated heterocycles. The summed E-state index contributed by atoms with van der Waals surface area (Å²) in [6, 6.07) is 6.85. The van der Waals surface area contributed by atoms with Crippen LogP contribution in [0.5, 0.6) is 0 Å². The second kappa shape index (κ2) is 5.44. The molecular formula is C15H15N5O2. The van der Waals surface area contributed by atoms with E-state index in [1.807, 2.05) is 36.9 Å². The zero-order chi connectivity index (χ0) is 15.7. The van der Waals surface area contributed by atoms with E-state index in [0.29, 0.717) is 12.1 Å². The topological polar surface area (TPSA) is 85.9 Å². The lowest BCUT2D eigenvalue weighted by Gasteiger charge is -2.11. The van der Waals surface area contributed by atoms with E-state index in [1.165, 1.54) is 6.07 Å². The number of nitrogens with zero attached hydrogens (tertiary/aromatic N) is 4. The van der Waals surface area contributed by atoms with E-state index in [4.69, 9.17) is 0 Å². The van der Waals surface area contributed by atoms with Gasteiger partial charge in [0.2, 0.25) is 0 Å². The van der Waals surface area contributed by atoms with Gasteiger partial charge in [-0.15, -0.1) is 0 Å². The molecule has 3 aromatic rings. The van der Waals surface area contributed by atoms with Crippen molar-refractivity contribution in [3.8, 4) is 0 Å². The van der Waals surface area contributed by atoms with Crippen LogP contribution in [0.1, 0.15) is 11.5 Å². The van der Waals surface area contributed by atoms with E-state index in [9.17, 15) is 10.1 Å². The van der Waals surface area contributed by atoms with Crippen LogP contribution in [-0.2, 0) is 13.6 Å². The van der Waals surface area contributed by atoms with E-state index in [-0.39, 0.29) is 5.69 Å². The van der Waals surface area contributed by atoms with Gasteiger partial charge in [-0.3, -0.25) is 10.1 Å². The standard InChI is InChI=1S/C15H15N5O2/c1-10-8-12(17-9-14-16-6-7-19(14)2)11-4-3-5-13(20(21)22)15(11)18-10/h3-8H,9H2,1-2H3,(H,17,18). The maximum atomic E-state index is 11.2. The number of fused-ring (bicyclic) bond motifs is 1. The number of nitro groups is 1. The number of imidazole rings is 1. The lowest BCUT2D eigenvalue weighted by atomic mass is 10.1. The van der Waals surface area contributed by atoms with Gasteiger partial charge in [0.1, 0.15) is 5.82 Å². The largest absolute Gasteiger partial charge is 0.377 e. The summed E-state index contributed by atoms with van der Waals surface area (Å²) in [5.41, 5.74) is 1.95. The Bertz CT molecular complexity index is 856. The first-order valence-corrected chi connectivity index (χ1v) is 6.81. The Morgan fingerprint density at radius 1 is 1.41 bits per heavy atom. The average molecular weight is 297 g/mol. The number of benzene rings is 1. The maximum absolute atomic E-state index is 11.2. The van der Waals surface area contributed by atoms with Crippen LogP contribution in [0.4, 0.5) is 11.4 Å². The van der Waals surface area contributed by atoms with Crippen LogP contribution in [0.15, 0.2) is 36.7 Å². The molecule has 0 aliphatic carbocycles. The van der Waals surface area contributed by atoms with Crippen LogP contribution in [0, 0.1) is 17.0 Å². The van der Waals surface area contributed by atoms with E-state index < -0.39 is 4.92 Å². The summed E-state index contributed by atoms with van der Waals surface area (Å²) in [5.74, 6) is 0.882. The zero-order valence-electron chi connectivity index (χ0n) is 12.3. The van der Waals surface area contributed by atoms with Gasteiger partial charge < -0.3 is 9.88 Å². The number of para-hydroxylation sites is 1. The van der Waals surface area contributed by atoms with Crippen molar-refractivity contribution < 1.29 is 4.92 Å². The second-order valence-electron chi connectivity index (χ2n) is 5.05.